The van der Waals surface area contributed by atoms with Crippen LogP contribution in [-0.4, -0.2) is 34.7 Å². The van der Waals surface area contributed by atoms with Gasteiger partial charge in [-0.3, -0.25) is 9.00 Å². The van der Waals surface area contributed by atoms with E-state index in [1.807, 2.05) is 13.8 Å². The van der Waals surface area contributed by atoms with Crippen LogP contribution < -0.4 is 11.1 Å². The normalized spacial score (nSPS) is 16.5. The van der Waals surface area contributed by atoms with E-state index in [1.165, 1.54) is 0 Å². The molecule has 4 nitrogen and oxygen atoms in total. The van der Waals surface area contributed by atoms with Gasteiger partial charge in [0.25, 0.3) is 0 Å². The van der Waals surface area contributed by atoms with Crippen LogP contribution in [0.2, 0.25) is 0 Å². The molecule has 3 N–H and O–H groups in total. The highest BCUT2D eigenvalue weighted by Gasteiger charge is 2.08. The van der Waals surface area contributed by atoms with Crippen LogP contribution in [0.3, 0.4) is 0 Å². The van der Waals surface area contributed by atoms with Gasteiger partial charge >= 0.3 is 0 Å². The van der Waals surface area contributed by atoms with Crippen LogP contribution in [0.1, 0.15) is 33.1 Å². The van der Waals surface area contributed by atoms with E-state index >= 15 is 0 Å². The van der Waals surface area contributed by atoms with Gasteiger partial charge < -0.3 is 11.1 Å². The Labute approximate surface area is 101 Å². The fourth-order valence-corrected chi connectivity index (χ4v) is 1.61. The van der Waals surface area contributed by atoms with Gasteiger partial charge in [0, 0.05) is 35.3 Å². The summed E-state index contributed by atoms with van der Waals surface area (Å²) in [6.45, 7) is 5.20. The predicted molar refractivity (Wildman–Crippen MR) is 68.6 cm³/mol. The first-order chi connectivity index (χ1) is 7.47. The fraction of sp³-hybridized carbons (Fsp3) is 0.909. The molecule has 0 aromatic rings. The topological polar surface area (TPSA) is 72.2 Å². The molecule has 0 saturated carbocycles. The van der Waals surface area contributed by atoms with Crippen molar-refractivity contribution in [2.24, 2.45) is 11.7 Å². The Morgan fingerprint density at radius 2 is 2.00 bits per heavy atom. The molecular formula is C11H24N2O2S. The third kappa shape index (κ3) is 7.82. The zero-order valence-corrected chi connectivity index (χ0v) is 11.3. The lowest BCUT2D eigenvalue weighted by atomic mass is 10.1. The molecule has 0 aliphatic rings. The third-order valence-electron chi connectivity index (χ3n) is 2.71. The van der Waals surface area contributed by atoms with Crippen LogP contribution in [0.5, 0.6) is 0 Å². The lowest BCUT2D eigenvalue weighted by Gasteiger charge is -2.10. The zero-order valence-electron chi connectivity index (χ0n) is 10.5. The highest BCUT2D eigenvalue weighted by molar-refractivity contribution is 7.84. The van der Waals surface area contributed by atoms with E-state index in [4.69, 9.17) is 5.73 Å². The summed E-state index contributed by atoms with van der Waals surface area (Å²) < 4.78 is 11.1. The number of rotatable bonds is 8. The van der Waals surface area contributed by atoms with Crippen molar-refractivity contribution in [2.45, 2.75) is 38.4 Å². The lowest BCUT2D eigenvalue weighted by molar-refractivity contribution is -0.121. The molecule has 0 saturated heterocycles. The van der Waals surface area contributed by atoms with Crippen molar-refractivity contribution in [3.05, 3.63) is 0 Å². The first-order valence-electron chi connectivity index (χ1n) is 5.76. The van der Waals surface area contributed by atoms with Crippen LogP contribution in [0.25, 0.3) is 0 Å². The minimum Gasteiger partial charge on any atom is -0.356 e. The quantitative estimate of drug-likeness (QED) is 0.662. The number of carbonyl (C=O) groups excluding carboxylic acids is 1. The summed E-state index contributed by atoms with van der Waals surface area (Å²) in [6, 6.07) is 0. The summed E-state index contributed by atoms with van der Waals surface area (Å²) in [7, 11) is -0.805. The molecule has 0 radical (unpaired) electrons. The van der Waals surface area contributed by atoms with Crippen molar-refractivity contribution >= 4 is 16.7 Å². The molecule has 3 atom stereocenters. The number of nitrogens with two attached hydrogens (primary N) is 1. The van der Waals surface area contributed by atoms with Gasteiger partial charge in [0.05, 0.1) is 0 Å². The van der Waals surface area contributed by atoms with Gasteiger partial charge in [0.15, 0.2) is 0 Å². The minimum atomic E-state index is -0.805. The maximum Gasteiger partial charge on any atom is 0.220 e. The van der Waals surface area contributed by atoms with E-state index < -0.39 is 10.8 Å². The van der Waals surface area contributed by atoms with E-state index in [0.717, 1.165) is 12.8 Å². The van der Waals surface area contributed by atoms with Crippen molar-refractivity contribution in [2.75, 3.05) is 19.3 Å². The zero-order chi connectivity index (χ0) is 12.6. The molecule has 0 bridgehead atoms. The summed E-state index contributed by atoms with van der Waals surface area (Å²) in [5, 5.41) is 2.98. The van der Waals surface area contributed by atoms with Crippen LogP contribution in [0, 0.1) is 5.92 Å². The molecule has 5 heteroatoms. The number of carbonyl (C=O) groups is 1. The molecule has 3 unspecified atom stereocenters. The molecule has 0 aromatic carbocycles. The summed E-state index contributed by atoms with van der Waals surface area (Å²) >= 11 is 0. The van der Waals surface area contributed by atoms with Crippen molar-refractivity contribution in [3.63, 3.8) is 0 Å². The molecular weight excluding hydrogens is 224 g/mol. The summed E-state index contributed by atoms with van der Waals surface area (Å²) in [6.07, 6.45) is 3.82. The lowest BCUT2D eigenvalue weighted by Crippen LogP contribution is -2.28. The van der Waals surface area contributed by atoms with E-state index in [1.54, 1.807) is 6.26 Å². The smallest absolute Gasteiger partial charge is 0.220 e. The molecule has 0 aromatic heterocycles. The van der Waals surface area contributed by atoms with Gasteiger partial charge in [0.1, 0.15) is 0 Å². The number of hydrogen-bond donors (Lipinski definition) is 2. The van der Waals surface area contributed by atoms with Crippen molar-refractivity contribution in [1.82, 2.24) is 5.32 Å². The number of hydrogen-bond acceptors (Lipinski definition) is 3. The first-order valence-corrected chi connectivity index (χ1v) is 7.38. The second-order valence-electron chi connectivity index (χ2n) is 4.33. The maximum absolute atomic E-state index is 11.4. The van der Waals surface area contributed by atoms with E-state index in [0.29, 0.717) is 25.4 Å². The predicted octanol–water partition coefficient (Wildman–Crippen LogP) is 0.635. The number of amides is 1. The summed E-state index contributed by atoms with van der Waals surface area (Å²) in [4.78, 5) is 11.4. The van der Waals surface area contributed by atoms with E-state index in [9.17, 15) is 9.00 Å². The Hall–Kier alpha value is -0.420. The highest BCUT2D eigenvalue weighted by Crippen LogP contribution is 2.03. The van der Waals surface area contributed by atoms with Gasteiger partial charge in [-0.15, -0.1) is 0 Å². The molecule has 0 aliphatic heterocycles. The van der Waals surface area contributed by atoms with Gasteiger partial charge in [-0.2, -0.15) is 0 Å². The Morgan fingerprint density at radius 1 is 1.38 bits per heavy atom. The molecule has 0 rings (SSSR count). The van der Waals surface area contributed by atoms with Crippen molar-refractivity contribution in [1.29, 1.82) is 0 Å². The van der Waals surface area contributed by atoms with Crippen LogP contribution in [0.4, 0.5) is 0 Å². The van der Waals surface area contributed by atoms with E-state index in [2.05, 4.69) is 5.32 Å². The van der Waals surface area contributed by atoms with Crippen molar-refractivity contribution in [3.8, 4) is 0 Å². The Kier molecular flexibility index (Phi) is 8.47. The largest absolute Gasteiger partial charge is 0.356 e. The Balaban J connectivity index is 3.55. The molecule has 0 aliphatic carbocycles. The third-order valence-corrected chi connectivity index (χ3v) is 4.08. The van der Waals surface area contributed by atoms with Gasteiger partial charge in [-0.05, 0) is 25.3 Å². The average Bonchev–Trinajstić information content (AvgIpc) is 2.25. The molecule has 0 fully saturated rings. The fourth-order valence-electron chi connectivity index (χ4n) is 1.16. The Morgan fingerprint density at radius 3 is 2.50 bits per heavy atom. The van der Waals surface area contributed by atoms with Gasteiger partial charge in [0.2, 0.25) is 5.91 Å². The highest BCUT2D eigenvalue weighted by atomic mass is 32.2. The number of nitrogens with one attached hydrogen (secondary N) is 1. The Bertz CT molecular complexity index is 234. The van der Waals surface area contributed by atoms with Gasteiger partial charge in [-0.25, -0.2) is 0 Å². The molecule has 96 valence electrons. The van der Waals surface area contributed by atoms with Crippen LogP contribution >= 0.6 is 0 Å². The van der Waals surface area contributed by atoms with Crippen LogP contribution in [-0.2, 0) is 15.6 Å². The van der Waals surface area contributed by atoms with Gasteiger partial charge in [-0.1, -0.05) is 13.8 Å². The SMILES string of the molecule is CC(CN)CCC(=O)NCCC(C)S(C)=O. The first kappa shape index (κ1) is 15.6. The van der Waals surface area contributed by atoms with Crippen LogP contribution in [0.15, 0.2) is 0 Å². The molecule has 0 heterocycles. The average molecular weight is 248 g/mol. The molecule has 16 heavy (non-hydrogen) atoms. The van der Waals surface area contributed by atoms with E-state index in [-0.39, 0.29) is 11.2 Å². The summed E-state index contributed by atoms with van der Waals surface area (Å²) in [5.74, 6) is 0.460. The second-order valence-corrected chi connectivity index (χ2v) is 6.13. The molecule has 1 amide bonds. The summed E-state index contributed by atoms with van der Waals surface area (Å²) in [5.41, 5.74) is 5.47. The maximum atomic E-state index is 11.4. The standard InChI is InChI=1S/C11H24N2O2S/c1-9(8-12)4-5-11(14)13-7-6-10(2)16(3)15/h9-10H,4-8,12H2,1-3H3,(H,13,14). The van der Waals surface area contributed by atoms with Crippen molar-refractivity contribution < 1.29 is 9.00 Å². The second kappa shape index (κ2) is 8.70. The molecule has 0 spiro atoms. The monoisotopic (exact) mass is 248 g/mol. The minimum absolute atomic E-state index is 0.0642.